The summed E-state index contributed by atoms with van der Waals surface area (Å²) in [5, 5.41) is 3.47. The first-order valence-electron chi connectivity index (χ1n) is 6.52. The minimum atomic E-state index is -0.251. The van der Waals surface area contributed by atoms with E-state index in [9.17, 15) is 4.79 Å². The number of hydrogen-bond donors (Lipinski definition) is 2. The highest BCUT2D eigenvalue weighted by Crippen LogP contribution is 2.26. The third-order valence-corrected chi connectivity index (χ3v) is 4.55. The number of carbonyl (C=O) groups excluding carboxylic acids is 1. The van der Waals surface area contributed by atoms with Crippen LogP contribution in [0.5, 0.6) is 0 Å². The molecule has 0 aliphatic heterocycles. The summed E-state index contributed by atoms with van der Waals surface area (Å²) < 4.78 is 0.740. The molecule has 2 rings (SSSR count). The Labute approximate surface area is 127 Å². The average molecular weight is 346 g/mol. The van der Waals surface area contributed by atoms with Gasteiger partial charge >= 0.3 is 0 Å². The molecule has 3 nitrogen and oxygen atoms in total. The van der Waals surface area contributed by atoms with E-state index in [1.807, 2.05) is 0 Å². The van der Waals surface area contributed by atoms with Gasteiger partial charge < -0.3 is 11.1 Å². The lowest BCUT2D eigenvalue weighted by Gasteiger charge is -2.33. The van der Waals surface area contributed by atoms with Crippen LogP contribution in [0.15, 0.2) is 22.7 Å². The van der Waals surface area contributed by atoms with Crippen molar-refractivity contribution in [3.8, 4) is 0 Å². The Balaban J connectivity index is 1.99. The van der Waals surface area contributed by atoms with Crippen LogP contribution in [0.2, 0.25) is 5.02 Å². The molecule has 1 fully saturated rings. The van der Waals surface area contributed by atoms with Crippen LogP contribution in [-0.2, 0) is 0 Å². The molecule has 0 bridgehead atoms. The first-order valence-corrected chi connectivity index (χ1v) is 7.69. The van der Waals surface area contributed by atoms with E-state index < -0.39 is 0 Å². The number of hydrogen-bond acceptors (Lipinski definition) is 2. The third-order valence-electron chi connectivity index (χ3n) is 3.62. The van der Waals surface area contributed by atoms with E-state index in [-0.39, 0.29) is 11.4 Å². The molecule has 104 valence electrons. The Bertz CT molecular complexity index is 473. The van der Waals surface area contributed by atoms with Crippen molar-refractivity contribution in [2.24, 2.45) is 5.73 Å². The van der Waals surface area contributed by atoms with Crippen molar-refractivity contribution in [1.29, 1.82) is 0 Å². The maximum absolute atomic E-state index is 12.1. The predicted octanol–water partition coefficient (Wildman–Crippen LogP) is 3.49. The summed E-state index contributed by atoms with van der Waals surface area (Å²) in [6.45, 7) is 0.519. The smallest absolute Gasteiger partial charge is 0.252 e. The highest BCUT2D eigenvalue weighted by Gasteiger charge is 2.28. The molecule has 1 saturated carbocycles. The molecule has 1 aromatic rings. The molecular weight excluding hydrogens is 328 g/mol. The molecule has 0 heterocycles. The molecule has 1 aromatic carbocycles. The molecule has 1 amide bonds. The number of nitrogens with two attached hydrogens (primary N) is 1. The number of amides is 1. The van der Waals surface area contributed by atoms with E-state index in [0.717, 1.165) is 30.2 Å². The van der Waals surface area contributed by atoms with Crippen LogP contribution in [0.1, 0.15) is 42.5 Å². The van der Waals surface area contributed by atoms with Gasteiger partial charge in [0.2, 0.25) is 0 Å². The van der Waals surface area contributed by atoms with Crippen LogP contribution in [0, 0.1) is 0 Å². The van der Waals surface area contributed by atoms with Gasteiger partial charge in [-0.05, 0) is 47.0 Å². The molecule has 0 spiro atoms. The van der Waals surface area contributed by atoms with Gasteiger partial charge in [0.15, 0.2) is 0 Å². The van der Waals surface area contributed by atoms with E-state index >= 15 is 0 Å². The summed E-state index contributed by atoms with van der Waals surface area (Å²) in [6, 6.07) is 5.18. The van der Waals surface area contributed by atoms with E-state index in [0.29, 0.717) is 17.1 Å². The Kier molecular flexibility index (Phi) is 4.87. The molecule has 1 aliphatic carbocycles. The normalized spacial score (nSPS) is 18.1. The van der Waals surface area contributed by atoms with E-state index in [1.165, 1.54) is 6.42 Å². The van der Waals surface area contributed by atoms with Crippen LogP contribution >= 0.6 is 27.5 Å². The molecule has 0 unspecified atom stereocenters. The van der Waals surface area contributed by atoms with Gasteiger partial charge in [-0.1, -0.05) is 30.9 Å². The van der Waals surface area contributed by atoms with Crippen LogP contribution in [0.25, 0.3) is 0 Å². The predicted molar refractivity (Wildman–Crippen MR) is 81.5 cm³/mol. The van der Waals surface area contributed by atoms with Gasteiger partial charge in [-0.2, -0.15) is 0 Å². The third kappa shape index (κ3) is 3.94. The van der Waals surface area contributed by atoms with Crippen molar-refractivity contribution in [2.45, 2.75) is 37.6 Å². The molecule has 3 N–H and O–H groups in total. The van der Waals surface area contributed by atoms with Crippen LogP contribution < -0.4 is 11.1 Å². The lowest BCUT2D eigenvalue weighted by molar-refractivity contribution is 0.0937. The van der Waals surface area contributed by atoms with Gasteiger partial charge in [0.25, 0.3) is 5.91 Å². The van der Waals surface area contributed by atoms with E-state index in [2.05, 4.69) is 21.2 Å². The van der Waals surface area contributed by atoms with Crippen molar-refractivity contribution >= 4 is 33.4 Å². The lowest BCUT2D eigenvalue weighted by Crippen LogP contribution is -2.51. The second-order valence-electron chi connectivity index (χ2n) is 5.23. The minimum Gasteiger partial charge on any atom is -0.350 e. The molecule has 1 aliphatic rings. The zero-order chi connectivity index (χ0) is 13.9. The fourth-order valence-corrected chi connectivity index (χ4v) is 3.05. The Morgan fingerprint density at radius 2 is 2.05 bits per heavy atom. The maximum Gasteiger partial charge on any atom is 0.252 e. The highest BCUT2D eigenvalue weighted by molar-refractivity contribution is 9.10. The number of halogens is 2. The van der Waals surface area contributed by atoms with Crippen LogP contribution in [-0.4, -0.2) is 18.0 Å². The molecule has 0 saturated heterocycles. The molecule has 19 heavy (non-hydrogen) atoms. The first kappa shape index (κ1) is 14.8. The summed E-state index contributed by atoms with van der Waals surface area (Å²) >= 11 is 9.27. The SMILES string of the molecule is NC1(CNC(=O)c2cc(Cl)ccc2Br)CCCCC1. The average Bonchev–Trinajstić information content (AvgIpc) is 2.40. The second kappa shape index (κ2) is 6.25. The van der Waals surface area contributed by atoms with Crippen molar-refractivity contribution in [2.75, 3.05) is 6.54 Å². The molecular formula is C14H18BrClN2O. The van der Waals surface area contributed by atoms with Gasteiger partial charge in [-0.3, -0.25) is 4.79 Å². The topological polar surface area (TPSA) is 55.1 Å². The Hall–Kier alpha value is -0.580. The van der Waals surface area contributed by atoms with Crippen molar-refractivity contribution in [3.05, 3.63) is 33.3 Å². The highest BCUT2D eigenvalue weighted by atomic mass is 79.9. The van der Waals surface area contributed by atoms with E-state index in [1.54, 1.807) is 18.2 Å². The van der Waals surface area contributed by atoms with Gasteiger partial charge in [-0.25, -0.2) is 0 Å². The van der Waals surface area contributed by atoms with E-state index in [4.69, 9.17) is 17.3 Å². The van der Waals surface area contributed by atoms with Crippen molar-refractivity contribution < 1.29 is 4.79 Å². The number of nitrogens with one attached hydrogen (secondary N) is 1. The maximum atomic E-state index is 12.1. The lowest BCUT2D eigenvalue weighted by atomic mass is 9.82. The Morgan fingerprint density at radius 3 is 2.74 bits per heavy atom. The number of rotatable bonds is 3. The first-order chi connectivity index (χ1) is 9.00. The summed E-state index contributed by atoms with van der Waals surface area (Å²) in [5.41, 5.74) is 6.60. The zero-order valence-corrected chi connectivity index (χ0v) is 13.1. The number of carbonyl (C=O) groups is 1. The summed E-state index contributed by atoms with van der Waals surface area (Å²) in [6.07, 6.45) is 5.49. The fourth-order valence-electron chi connectivity index (χ4n) is 2.46. The van der Waals surface area contributed by atoms with Crippen LogP contribution in [0.3, 0.4) is 0 Å². The zero-order valence-electron chi connectivity index (χ0n) is 10.7. The van der Waals surface area contributed by atoms with Crippen LogP contribution in [0.4, 0.5) is 0 Å². The fraction of sp³-hybridized carbons (Fsp3) is 0.500. The monoisotopic (exact) mass is 344 g/mol. The second-order valence-corrected chi connectivity index (χ2v) is 6.52. The quantitative estimate of drug-likeness (QED) is 0.881. The largest absolute Gasteiger partial charge is 0.350 e. The molecule has 0 aromatic heterocycles. The van der Waals surface area contributed by atoms with Gasteiger partial charge in [0, 0.05) is 21.6 Å². The summed E-state index contributed by atoms with van der Waals surface area (Å²) in [4.78, 5) is 12.1. The molecule has 5 heteroatoms. The number of benzene rings is 1. The molecule has 0 atom stereocenters. The standard InChI is InChI=1S/C14H18BrClN2O/c15-12-5-4-10(16)8-11(12)13(19)18-9-14(17)6-2-1-3-7-14/h4-5,8H,1-3,6-7,9,17H2,(H,18,19). The van der Waals surface area contributed by atoms with Gasteiger partial charge in [-0.15, -0.1) is 0 Å². The van der Waals surface area contributed by atoms with Crippen molar-refractivity contribution in [1.82, 2.24) is 5.32 Å². The Morgan fingerprint density at radius 1 is 1.37 bits per heavy atom. The van der Waals surface area contributed by atoms with Gasteiger partial charge in [0.05, 0.1) is 5.56 Å². The van der Waals surface area contributed by atoms with Gasteiger partial charge in [0.1, 0.15) is 0 Å². The summed E-state index contributed by atoms with van der Waals surface area (Å²) in [5.74, 6) is -0.134. The molecule has 0 radical (unpaired) electrons. The van der Waals surface area contributed by atoms with Crippen molar-refractivity contribution in [3.63, 3.8) is 0 Å². The summed E-state index contributed by atoms with van der Waals surface area (Å²) in [7, 11) is 0. The minimum absolute atomic E-state index is 0.134.